The summed E-state index contributed by atoms with van der Waals surface area (Å²) in [5.41, 5.74) is 1.21. The van der Waals surface area contributed by atoms with E-state index in [1.165, 1.54) is 5.69 Å². The van der Waals surface area contributed by atoms with Crippen LogP contribution in [-0.4, -0.2) is 0 Å². The molecule has 0 aromatic carbocycles. The minimum absolute atomic E-state index is 1.09. The summed E-state index contributed by atoms with van der Waals surface area (Å²) in [6.45, 7) is 2.03. The second kappa shape index (κ2) is 1.92. The van der Waals surface area contributed by atoms with E-state index in [1.807, 2.05) is 6.92 Å². The normalized spacial score (nSPS) is 9.43. The summed E-state index contributed by atoms with van der Waals surface area (Å²) >= 11 is 4.96. The molecule has 0 atom stereocenters. The van der Waals surface area contributed by atoms with E-state index < -0.39 is 0 Å². The number of hydrogen-bond donors (Lipinski definition) is 0. The monoisotopic (exact) mass is 178 g/mol. The summed E-state index contributed by atoms with van der Waals surface area (Å²) < 4.78 is 1.09. The Morgan fingerprint density at radius 1 is 1.86 bits per heavy atom. The summed E-state index contributed by atoms with van der Waals surface area (Å²) in [6, 6.07) is 0. The minimum Gasteiger partial charge on any atom is -0.193 e. The third kappa shape index (κ3) is 1.24. The van der Waals surface area contributed by atoms with Crippen LogP contribution in [0.25, 0.3) is 0 Å². The maximum Gasteiger partial charge on any atom is 0.303 e. The molecule has 1 heterocycles. The average Bonchev–Trinajstić information content (AvgIpc) is 1.87. The minimum atomic E-state index is 1.09. The van der Waals surface area contributed by atoms with Crippen LogP contribution in [-0.2, 0) is 0 Å². The number of rotatable bonds is 0. The summed E-state index contributed by atoms with van der Waals surface area (Å²) in [6.07, 6.45) is 0. The van der Waals surface area contributed by atoms with Crippen molar-refractivity contribution in [2.75, 3.05) is 0 Å². The van der Waals surface area contributed by atoms with Crippen LogP contribution in [0.1, 0.15) is 5.69 Å². The SMILES string of the molecule is Cc1csc(Br)[nH+]1. The molecular weight excluding hydrogens is 174 g/mol. The highest BCUT2D eigenvalue weighted by Gasteiger charge is 1.97. The quantitative estimate of drug-likeness (QED) is 0.574. The van der Waals surface area contributed by atoms with Crippen LogP contribution in [0.15, 0.2) is 9.30 Å². The first-order valence-corrected chi connectivity index (χ1v) is 3.59. The molecule has 0 spiro atoms. The molecule has 38 valence electrons. The predicted molar refractivity (Wildman–Crippen MR) is 33.3 cm³/mol. The topological polar surface area (TPSA) is 14.1 Å². The lowest BCUT2D eigenvalue weighted by Gasteiger charge is -1.60. The highest BCUT2D eigenvalue weighted by Crippen LogP contribution is 2.09. The fraction of sp³-hybridized carbons (Fsp3) is 0.250. The van der Waals surface area contributed by atoms with Gasteiger partial charge in [-0.25, -0.2) is 0 Å². The molecule has 1 aromatic heterocycles. The zero-order valence-electron chi connectivity index (χ0n) is 3.86. The van der Waals surface area contributed by atoms with Crippen LogP contribution in [0.2, 0.25) is 0 Å². The van der Waals surface area contributed by atoms with E-state index in [2.05, 4.69) is 26.3 Å². The number of aryl methyl sites for hydroxylation is 1. The first kappa shape index (κ1) is 5.25. The average molecular weight is 179 g/mol. The first-order valence-electron chi connectivity index (χ1n) is 1.92. The molecule has 0 fully saturated rings. The third-order valence-electron chi connectivity index (χ3n) is 0.635. The summed E-state index contributed by atoms with van der Waals surface area (Å²) in [5.74, 6) is 0. The number of aromatic amines is 1. The van der Waals surface area contributed by atoms with Crippen molar-refractivity contribution in [3.63, 3.8) is 0 Å². The van der Waals surface area contributed by atoms with Gasteiger partial charge in [0.25, 0.3) is 0 Å². The van der Waals surface area contributed by atoms with Crippen molar-refractivity contribution in [3.8, 4) is 0 Å². The zero-order chi connectivity index (χ0) is 5.28. The van der Waals surface area contributed by atoms with Crippen molar-refractivity contribution in [2.45, 2.75) is 6.92 Å². The van der Waals surface area contributed by atoms with Gasteiger partial charge in [-0.15, -0.1) is 0 Å². The largest absolute Gasteiger partial charge is 0.303 e. The molecule has 3 heteroatoms. The Bertz CT molecular complexity index is 144. The number of aromatic nitrogens is 1. The van der Waals surface area contributed by atoms with Gasteiger partial charge < -0.3 is 0 Å². The van der Waals surface area contributed by atoms with Gasteiger partial charge in [0.15, 0.2) is 5.69 Å². The summed E-state index contributed by atoms with van der Waals surface area (Å²) in [7, 11) is 0. The van der Waals surface area contributed by atoms with Gasteiger partial charge >= 0.3 is 3.92 Å². The zero-order valence-corrected chi connectivity index (χ0v) is 6.27. The van der Waals surface area contributed by atoms with Crippen LogP contribution in [0.5, 0.6) is 0 Å². The molecular formula is C4H5BrNS+. The second-order valence-corrected chi connectivity index (χ2v) is 3.51. The van der Waals surface area contributed by atoms with Gasteiger partial charge in [0, 0.05) is 22.9 Å². The maximum atomic E-state index is 3.30. The highest BCUT2D eigenvalue weighted by molar-refractivity contribution is 9.11. The van der Waals surface area contributed by atoms with Gasteiger partial charge in [0.1, 0.15) is 0 Å². The van der Waals surface area contributed by atoms with Crippen molar-refractivity contribution in [2.24, 2.45) is 0 Å². The summed E-state index contributed by atoms with van der Waals surface area (Å²) in [5, 5.41) is 2.06. The molecule has 0 unspecified atom stereocenters. The van der Waals surface area contributed by atoms with E-state index in [9.17, 15) is 0 Å². The highest BCUT2D eigenvalue weighted by atomic mass is 79.9. The van der Waals surface area contributed by atoms with Crippen LogP contribution in [0.4, 0.5) is 0 Å². The molecule has 0 saturated carbocycles. The van der Waals surface area contributed by atoms with Gasteiger partial charge in [-0.05, 0) is 0 Å². The Kier molecular flexibility index (Phi) is 1.44. The number of hydrogen-bond acceptors (Lipinski definition) is 1. The lowest BCUT2D eigenvalue weighted by molar-refractivity contribution is -0.393. The van der Waals surface area contributed by atoms with Gasteiger partial charge in [-0.2, -0.15) is 4.98 Å². The molecule has 0 amide bonds. The number of halogens is 1. The molecule has 0 bridgehead atoms. The Hall–Kier alpha value is 0.110. The Morgan fingerprint density at radius 2 is 2.57 bits per heavy atom. The van der Waals surface area contributed by atoms with Crippen molar-refractivity contribution >= 4 is 27.3 Å². The van der Waals surface area contributed by atoms with Crippen molar-refractivity contribution < 1.29 is 4.98 Å². The van der Waals surface area contributed by atoms with Crippen LogP contribution >= 0.6 is 27.3 Å². The fourth-order valence-corrected chi connectivity index (χ4v) is 1.51. The molecule has 0 radical (unpaired) electrons. The summed E-state index contributed by atoms with van der Waals surface area (Å²) in [4.78, 5) is 3.07. The van der Waals surface area contributed by atoms with E-state index >= 15 is 0 Å². The third-order valence-corrected chi connectivity index (χ3v) is 2.17. The van der Waals surface area contributed by atoms with Gasteiger partial charge in [-0.1, -0.05) is 11.3 Å². The van der Waals surface area contributed by atoms with Crippen LogP contribution < -0.4 is 4.98 Å². The van der Waals surface area contributed by atoms with Gasteiger partial charge in [-0.3, -0.25) is 0 Å². The van der Waals surface area contributed by atoms with E-state index in [0.717, 1.165) is 3.92 Å². The molecule has 1 N–H and O–H groups in total. The van der Waals surface area contributed by atoms with E-state index in [-0.39, 0.29) is 0 Å². The second-order valence-electron chi connectivity index (χ2n) is 1.32. The molecule has 1 nitrogen and oxygen atoms in total. The fourth-order valence-electron chi connectivity index (χ4n) is 0.354. The molecule has 1 aromatic rings. The lowest BCUT2D eigenvalue weighted by Crippen LogP contribution is -1.99. The molecule has 0 aliphatic rings. The van der Waals surface area contributed by atoms with Crippen molar-refractivity contribution in [1.29, 1.82) is 0 Å². The maximum absolute atomic E-state index is 3.30. The van der Waals surface area contributed by atoms with Crippen LogP contribution in [0.3, 0.4) is 0 Å². The molecule has 7 heavy (non-hydrogen) atoms. The number of H-pyrrole nitrogens is 1. The van der Waals surface area contributed by atoms with E-state index in [1.54, 1.807) is 11.3 Å². The smallest absolute Gasteiger partial charge is 0.193 e. The molecule has 0 saturated heterocycles. The Labute approximate surface area is 54.5 Å². The molecule has 0 aliphatic carbocycles. The Morgan fingerprint density at radius 3 is 2.71 bits per heavy atom. The standard InChI is InChI=1S/C4H4BrNS/c1-3-2-7-4(5)6-3/h2H,1H3/p+1. The first-order chi connectivity index (χ1) is 3.29. The van der Waals surface area contributed by atoms with Gasteiger partial charge in [0.2, 0.25) is 0 Å². The lowest BCUT2D eigenvalue weighted by atomic mass is 10.6. The van der Waals surface area contributed by atoms with Crippen molar-refractivity contribution in [3.05, 3.63) is 15.0 Å². The Balaban J connectivity index is 3.04. The number of thiazole rings is 1. The molecule has 0 aliphatic heterocycles. The van der Waals surface area contributed by atoms with Gasteiger partial charge in [0.05, 0.1) is 5.38 Å². The predicted octanol–water partition coefficient (Wildman–Crippen LogP) is 1.63. The van der Waals surface area contributed by atoms with Crippen molar-refractivity contribution in [1.82, 2.24) is 0 Å². The van der Waals surface area contributed by atoms with Crippen LogP contribution in [0, 0.1) is 6.92 Å². The van der Waals surface area contributed by atoms with E-state index in [4.69, 9.17) is 0 Å². The molecule has 1 rings (SSSR count). The van der Waals surface area contributed by atoms with E-state index in [0.29, 0.717) is 0 Å². The number of nitrogens with one attached hydrogen (secondary N) is 1.